The Kier molecular flexibility index (Phi) is 5.04. The number of halogens is 1. The van der Waals surface area contributed by atoms with E-state index in [0.29, 0.717) is 18.1 Å². The first kappa shape index (κ1) is 16.8. The van der Waals surface area contributed by atoms with Crippen LogP contribution in [0.15, 0.2) is 30.7 Å². The molecule has 1 fully saturated rings. The molecule has 6 nitrogen and oxygen atoms in total. The van der Waals surface area contributed by atoms with E-state index in [4.69, 9.17) is 11.6 Å². The van der Waals surface area contributed by atoms with Gasteiger partial charge in [-0.25, -0.2) is 4.98 Å². The van der Waals surface area contributed by atoms with Gasteiger partial charge in [0.05, 0.1) is 23.8 Å². The van der Waals surface area contributed by atoms with Crippen molar-refractivity contribution in [1.29, 1.82) is 0 Å². The molecule has 0 aliphatic carbocycles. The number of aromatic nitrogens is 3. The summed E-state index contributed by atoms with van der Waals surface area (Å²) in [5, 5.41) is 4.99. The van der Waals surface area contributed by atoms with Crippen molar-refractivity contribution >= 4 is 23.3 Å². The van der Waals surface area contributed by atoms with Crippen LogP contribution in [-0.2, 0) is 4.79 Å². The summed E-state index contributed by atoms with van der Waals surface area (Å²) in [6.07, 6.45) is 7.55. The van der Waals surface area contributed by atoms with E-state index in [1.54, 1.807) is 12.3 Å². The molecule has 1 aliphatic rings. The molecule has 0 spiro atoms. The van der Waals surface area contributed by atoms with Crippen LogP contribution in [0.3, 0.4) is 0 Å². The molecule has 1 saturated heterocycles. The second-order valence-electron chi connectivity index (χ2n) is 6.32. The van der Waals surface area contributed by atoms with E-state index in [1.165, 1.54) is 0 Å². The van der Waals surface area contributed by atoms with E-state index in [1.807, 2.05) is 46.9 Å². The van der Waals surface area contributed by atoms with Crippen molar-refractivity contribution in [3.63, 3.8) is 0 Å². The maximum absolute atomic E-state index is 12.6. The van der Waals surface area contributed by atoms with Gasteiger partial charge in [0, 0.05) is 32.5 Å². The van der Waals surface area contributed by atoms with Crippen LogP contribution in [-0.4, -0.2) is 52.3 Å². The van der Waals surface area contributed by atoms with Gasteiger partial charge in [-0.05, 0) is 37.5 Å². The number of aryl methyl sites for hydroxylation is 1. The molecular weight excluding hydrogens is 326 g/mol. The van der Waals surface area contributed by atoms with E-state index in [9.17, 15) is 4.79 Å². The van der Waals surface area contributed by atoms with Gasteiger partial charge in [-0.15, -0.1) is 0 Å². The molecule has 1 aliphatic heterocycles. The lowest BCUT2D eigenvalue weighted by molar-refractivity contribution is -0.131. The molecular formula is C17H22ClN5O. The summed E-state index contributed by atoms with van der Waals surface area (Å²) in [5.41, 5.74) is 1.15. The molecule has 0 N–H and O–H groups in total. The van der Waals surface area contributed by atoms with Gasteiger partial charge >= 0.3 is 0 Å². The van der Waals surface area contributed by atoms with Crippen LogP contribution in [0.5, 0.6) is 0 Å². The first-order valence-electron chi connectivity index (χ1n) is 8.14. The predicted octanol–water partition coefficient (Wildman–Crippen LogP) is 2.54. The highest BCUT2D eigenvalue weighted by Crippen LogP contribution is 2.22. The normalized spacial score (nSPS) is 17.8. The number of nitrogens with zero attached hydrogens (tertiary/aromatic N) is 5. The third-order valence-corrected chi connectivity index (χ3v) is 4.55. The summed E-state index contributed by atoms with van der Waals surface area (Å²) in [6, 6.07) is 3.86. The Hall–Kier alpha value is -2.08. The van der Waals surface area contributed by atoms with Gasteiger partial charge in [-0.3, -0.25) is 9.48 Å². The maximum Gasteiger partial charge on any atom is 0.242 e. The summed E-state index contributed by atoms with van der Waals surface area (Å²) < 4.78 is 1.99. The Morgan fingerprint density at radius 1 is 1.42 bits per heavy atom. The quantitative estimate of drug-likeness (QED) is 0.853. The van der Waals surface area contributed by atoms with Crippen LogP contribution in [0.2, 0.25) is 5.02 Å². The molecule has 0 radical (unpaired) electrons. The minimum atomic E-state index is 0.114. The second-order valence-corrected chi connectivity index (χ2v) is 6.76. The Bertz CT molecular complexity index is 699. The van der Waals surface area contributed by atoms with Gasteiger partial charge in [-0.1, -0.05) is 11.6 Å². The zero-order chi connectivity index (χ0) is 17.1. The van der Waals surface area contributed by atoms with Crippen molar-refractivity contribution in [2.24, 2.45) is 0 Å². The van der Waals surface area contributed by atoms with Crippen molar-refractivity contribution in [2.45, 2.75) is 25.8 Å². The second kappa shape index (κ2) is 7.21. The molecule has 2 aromatic heterocycles. The Labute approximate surface area is 147 Å². The Morgan fingerprint density at radius 3 is 2.92 bits per heavy atom. The maximum atomic E-state index is 12.6. The van der Waals surface area contributed by atoms with Crippen LogP contribution < -0.4 is 4.90 Å². The fourth-order valence-corrected chi connectivity index (χ4v) is 3.12. The molecule has 3 rings (SSSR count). The van der Waals surface area contributed by atoms with Gasteiger partial charge in [0.2, 0.25) is 5.91 Å². The fourth-order valence-electron chi connectivity index (χ4n) is 3.01. The van der Waals surface area contributed by atoms with E-state index in [2.05, 4.69) is 10.1 Å². The number of rotatable bonds is 4. The van der Waals surface area contributed by atoms with Crippen LogP contribution >= 0.6 is 11.6 Å². The smallest absolute Gasteiger partial charge is 0.242 e. The predicted molar refractivity (Wildman–Crippen MR) is 94.3 cm³/mol. The highest BCUT2D eigenvalue weighted by molar-refractivity contribution is 6.30. The fraction of sp³-hybridized carbons (Fsp3) is 0.471. The molecule has 0 unspecified atom stereocenters. The van der Waals surface area contributed by atoms with E-state index in [-0.39, 0.29) is 11.9 Å². The number of hydrogen-bond acceptors (Lipinski definition) is 4. The molecule has 0 bridgehead atoms. The average molecular weight is 348 g/mol. The first-order chi connectivity index (χ1) is 11.5. The Balaban J connectivity index is 1.60. The van der Waals surface area contributed by atoms with Crippen molar-refractivity contribution in [1.82, 2.24) is 19.7 Å². The molecule has 24 heavy (non-hydrogen) atoms. The monoisotopic (exact) mass is 347 g/mol. The number of hydrogen-bond donors (Lipinski definition) is 0. The van der Waals surface area contributed by atoms with Gasteiger partial charge < -0.3 is 9.80 Å². The average Bonchev–Trinajstić information content (AvgIpc) is 3.02. The first-order valence-corrected chi connectivity index (χ1v) is 8.52. The van der Waals surface area contributed by atoms with Crippen LogP contribution in [0.4, 0.5) is 5.82 Å². The number of piperidine rings is 1. The lowest BCUT2D eigenvalue weighted by Gasteiger charge is -2.34. The number of carbonyl (C=O) groups is 1. The number of likely N-dealkylation sites (tertiary alicyclic amines) is 1. The summed E-state index contributed by atoms with van der Waals surface area (Å²) in [6.45, 7) is 3.85. The van der Waals surface area contributed by atoms with Crippen molar-refractivity contribution < 1.29 is 4.79 Å². The van der Waals surface area contributed by atoms with Gasteiger partial charge in [-0.2, -0.15) is 5.10 Å². The number of anilines is 1. The molecule has 0 saturated carbocycles. The third-order valence-electron chi connectivity index (χ3n) is 4.33. The molecule has 3 heterocycles. The number of carbonyl (C=O) groups excluding carboxylic acids is 1. The molecule has 1 amide bonds. The summed E-state index contributed by atoms with van der Waals surface area (Å²) >= 11 is 5.86. The zero-order valence-corrected chi connectivity index (χ0v) is 14.8. The van der Waals surface area contributed by atoms with Crippen molar-refractivity contribution in [2.75, 3.05) is 31.6 Å². The molecule has 128 valence electrons. The topological polar surface area (TPSA) is 54.3 Å². The van der Waals surface area contributed by atoms with Crippen LogP contribution in [0, 0.1) is 6.92 Å². The molecule has 2 aromatic rings. The van der Waals surface area contributed by atoms with E-state index >= 15 is 0 Å². The third kappa shape index (κ3) is 3.87. The molecule has 0 aromatic carbocycles. The van der Waals surface area contributed by atoms with Crippen molar-refractivity contribution in [3.05, 3.63) is 41.3 Å². The molecule has 1 atom stereocenters. The minimum absolute atomic E-state index is 0.114. The standard InChI is InChI=1S/C17H22ClN5O/c1-13-8-20-23(10-13)15-4-3-7-22(11-15)17(24)12-21(2)16-6-5-14(18)9-19-16/h5-6,8-10,15H,3-4,7,11-12H2,1-2H3/t15-/m1/s1. The van der Waals surface area contributed by atoms with Crippen LogP contribution in [0.1, 0.15) is 24.4 Å². The van der Waals surface area contributed by atoms with Crippen LogP contribution in [0.25, 0.3) is 0 Å². The lowest BCUT2D eigenvalue weighted by Crippen LogP contribution is -2.45. The van der Waals surface area contributed by atoms with Gasteiger partial charge in [0.25, 0.3) is 0 Å². The number of likely N-dealkylation sites (N-methyl/N-ethyl adjacent to an activating group) is 1. The summed E-state index contributed by atoms with van der Waals surface area (Å²) in [4.78, 5) is 20.7. The van der Waals surface area contributed by atoms with E-state index < -0.39 is 0 Å². The largest absolute Gasteiger partial charge is 0.350 e. The number of amides is 1. The van der Waals surface area contributed by atoms with E-state index in [0.717, 1.165) is 30.8 Å². The summed E-state index contributed by atoms with van der Waals surface area (Å²) in [5.74, 6) is 0.854. The zero-order valence-electron chi connectivity index (χ0n) is 14.0. The highest BCUT2D eigenvalue weighted by Gasteiger charge is 2.25. The van der Waals surface area contributed by atoms with Gasteiger partial charge in [0.15, 0.2) is 0 Å². The SMILES string of the molecule is Cc1cnn([C@@H]2CCCN(C(=O)CN(C)c3ccc(Cl)cn3)C2)c1. The van der Waals surface area contributed by atoms with Gasteiger partial charge in [0.1, 0.15) is 5.82 Å². The lowest BCUT2D eigenvalue weighted by atomic mass is 10.1. The summed E-state index contributed by atoms with van der Waals surface area (Å²) in [7, 11) is 1.87. The van der Waals surface area contributed by atoms with Crippen molar-refractivity contribution in [3.8, 4) is 0 Å². The highest BCUT2D eigenvalue weighted by atomic mass is 35.5. The Morgan fingerprint density at radius 2 is 2.25 bits per heavy atom. The number of pyridine rings is 1. The molecule has 7 heteroatoms. The minimum Gasteiger partial charge on any atom is -0.350 e.